The van der Waals surface area contributed by atoms with E-state index in [0.29, 0.717) is 18.3 Å². The molecule has 0 unspecified atom stereocenters. The van der Waals surface area contributed by atoms with Gasteiger partial charge in [-0.3, -0.25) is 4.79 Å². The Labute approximate surface area is 98.9 Å². The maximum Gasteiger partial charge on any atom is 0.255 e. The quantitative estimate of drug-likeness (QED) is 0.775. The van der Waals surface area contributed by atoms with Gasteiger partial charge in [-0.1, -0.05) is 0 Å². The molecule has 0 aromatic heterocycles. The highest BCUT2D eigenvalue weighted by molar-refractivity contribution is 5.75. The van der Waals surface area contributed by atoms with Gasteiger partial charge in [-0.2, -0.15) is 0 Å². The molecule has 1 aliphatic rings. The molecule has 0 bridgehead atoms. The Bertz CT molecular complexity index is 419. The highest BCUT2D eigenvalue weighted by Crippen LogP contribution is 2.21. The van der Waals surface area contributed by atoms with Crippen LogP contribution in [0.2, 0.25) is 0 Å². The molecule has 1 aromatic carbocycles. The third-order valence-corrected chi connectivity index (χ3v) is 2.48. The second-order valence-corrected chi connectivity index (χ2v) is 4.21. The fraction of sp³-hybridized carbons (Fsp3) is 0.417. The number of rotatable bonds is 6. The molecule has 1 aliphatic carbocycles. The number of carbonyl (C=O) groups excluding carboxylic acids is 1. The van der Waals surface area contributed by atoms with Gasteiger partial charge in [-0.25, -0.2) is 4.39 Å². The highest BCUT2D eigenvalue weighted by Gasteiger charge is 2.20. The highest BCUT2D eigenvalue weighted by atomic mass is 19.1. The van der Waals surface area contributed by atoms with Crippen molar-refractivity contribution in [3.05, 3.63) is 29.6 Å². The lowest BCUT2D eigenvalue weighted by molar-refractivity contribution is -0.119. The van der Waals surface area contributed by atoms with E-state index in [1.54, 1.807) is 6.07 Å². The van der Waals surface area contributed by atoms with Gasteiger partial charge in [0, 0.05) is 18.7 Å². The topological polar surface area (TPSA) is 64.4 Å². The summed E-state index contributed by atoms with van der Waals surface area (Å²) < 4.78 is 18.3. The molecule has 4 nitrogen and oxygen atoms in total. The maximum atomic E-state index is 13.3. The first kappa shape index (κ1) is 11.9. The molecule has 5 heteroatoms. The molecule has 1 amide bonds. The number of ether oxygens (including phenoxy) is 1. The molecule has 0 saturated heterocycles. The number of carbonyl (C=O) groups is 1. The summed E-state index contributed by atoms with van der Waals surface area (Å²) in [6.07, 6.45) is 2.36. The first-order chi connectivity index (χ1) is 8.13. The van der Waals surface area contributed by atoms with Crippen LogP contribution in [0.1, 0.15) is 18.4 Å². The van der Waals surface area contributed by atoms with Crippen LogP contribution < -0.4 is 15.8 Å². The molecule has 1 saturated carbocycles. The minimum atomic E-state index is -0.577. The summed E-state index contributed by atoms with van der Waals surface area (Å²) in [6, 6.07) is 4.96. The Balaban J connectivity index is 1.97. The number of nitrogens with two attached hydrogens (primary N) is 1. The predicted molar refractivity (Wildman–Crippen MR) is 61.0 cm³/mol. The van der Waals surface area contributed by atoms with Crippen molar-refractivity contribution in [3.63, 3.8) is 0 Å². The van der Waals surface area contributed by atoms with Crippen LogP contribution in [0.5, 0.6) is 5.75 Å². The summed E-state index contributed by atoms with van der Waals surface area (Å²) in [5.74, 6) is -0.622. The van der Waals surface area contributed by atoms with Crippen LogP contribution in [0.25, 0.3) is 0 Å². The first-order valence-corrected chi connectivity index (χ1v) is 5.57. The van der Waals surface area contributed by atoms with Crippen molar-refractivity contribution in [1.29, 1.82) is 0 Å². The number of nitrogens with one attached hydrogen (secondary N) is 1. The van der Waals surface area contributed by atoms with Gasteiger partial charge in [0.1, 0.15) is 11.6 Å². The average Bonchev–Trinajstić information content (AvgIpc) is 3.07. The van der Waals surface area contributed by atoms with Crippen molar-refractivity contribution >= 4 is 5.91 Å². The fourth-order valence-electron chi connectivity index (χ4n) is 1.51. The Morgan fingerprint density at radius 3 is 2.88 bits per heavy atom. The van der Waals surface area contributed by atoms with E-state index in [1.165, 1.54) is 25.0 Å². The number of benzene rings is 1. The van der Waals surface area contributed by atoms with Crippen LogP contribution in [-0.2, 0) is 11.3 Å². The van der Waals surface area contributed by atoms with E-state index in [9.17, 15) is 9.18 Å². The van der Waals surface area contributed by atoms with Crippen molar-refractivity contribution in [3.8, 4) is 5.75 Å². The lowest BCUT2D eigenvalue weighted by atomic mass is 10.2. The van der Waals surface area contributed by atoms with E-state index in [-0.39, 0.29) is 12.4 Å². The summed E-state index contributed by atoms with van der Waals surface area (Å²) in [7, 11) is 0. The van der Waals surface area contributed by atoms with Gasteiger partial charge < -0.3 is 15.8 Å². The van der Waals surface area contributed by atoms with Gasteiger partial charge in [0.05, 0.1) is 0 Å². The predicted octanol–water partition coefficient (Wildman–Crippen LogP) is 0.942. The van der Waals surface area contributed by atoms with E-state index in [4.69, 9.17) is 10.5 Å². The van der Waals surface area contributed by atoms with Gasteiger partial charge in [0.25, 0.3) is 5.91 Å². The minimum absolute atomic E-state index is 0.237. The van der Waals surface area contributed by atoms with E-state index >= 15 is 0 Å². The molecule has 1 fully saturated rings. The Morgan fingerprint density at radius 1 is 1.47 bits per heavy atom. The molecule has 0 spiro atoms. The molecule has 0 radical (unpaired) electrons. The Kier molecular flexibility index (Phi) is 3.58. The zero-order chi connectivity index (χ0) is 12.3. The minimum Gasteiger partial charge on any atom is -0.484 e. The maximum absolute atomic E-state index is 13.3. The van der Waals surface area contributed by atoms with E-state index in [2.05, 4.69) is 5.32 Å². The smallest absolute Gasteiger partial charge is 0.255 e. The van der Waals surface area contributed by atoms with Crippen molar-refractivity contribution in [1.82, 2.24) is 5.32 Å². The molecule has 17 heavy (non-hydrogen) atoms. The molecule has 1 aromatic rings. The molecular weight excluding hydrogens is 223 g/mol. The van der Waals surface area contributed by atoms with Crippen LogP contribution in [0, 0.1) is 5.82 Å². The lowest BCUT2D eigenvalue weighted by Gasteiger charge is -2.08. The van der Waals surface area contributed by atoms with Crippen LogP contribution >= 0.6 is 0 Å². The second kappa shape index (κ2) is 5.14. The molecular formula is C12H15FN2O2. The normalized spacial score (nSPS) is 14.6. The standard InChI is InChI=1S/C12H15FN2O2/c13-9-3-8(6-15-10-1-2-10)4-11(5-9)17-7-12(14)16/h3-5,10,15H,1-2,6-7H2,(H2,14,16). The molecule has 0 heterocycles. The zero-order valence-electron chi connectivity index (χ0n) is 9.41. The van der Waals surface area contributed by atoms with Crippen LogP contribution in [0.4, 0.5) is 4.39 Å². The average molecular weight is 238 g/mol. The van der Waals surface area contributed by atoms with Crippen molar-refractivity contribution in [2.75, 3.05) is 6.61 Å². The molecule has 3 N–H and O–H groups in total. The largest absolute Gasteiger partial charge is 0.484 e. The van der Waals surface area contributed by atoms with Crippen molar-refractivity contribution < 1.29 is 13.9 Å². The number of amides is 1. The third-order valence-electron chi connectivity index (χ3n) is 2.48. The van der Waals surface area contributed by atoms with Gasteiger partial charge in [-0.05, 0) is 30.5 Å². The van der Waals surface area contributed by atoms with E-state index in [0.717, 1.165) is 5.56 Å². The summed E-state index contributed by atoms with van der Waals surface area (Å²) >= 11 is 0. The van der Waals surface area contributed by atoms with Gasteiger partial charge >= 0.3 is 0 Å². The summed E-state index contributed by atoms with van der Waals surface area (Å²) in [5.41, 5.74) is 5.76. The van der Waals surface area contributed by atoms with Crippen molar-refractivity contribution in [2.24, 2.45) is 5.73 Å². The third kappa shape index (κ3) is 4.03. The molecule has 92 valence electrons. The van der Waals surface area contributed by atoms with Crippen LogP contribution in [0.3, 0.4) is 0 Å². The Hall–Kier alpha value is -1.62. The number of hydrogen-bond donors (Lipinski definition) is 2. The second-order valence-electron chi connectivity index (χ2n) is 4.21. The van der Waals surface area contributed by atoms with E-state index < -0.39 is 5.91 Å². The number of primary amides is 1. The SMILES string of the molecule is NC(=O)COc1cc(F)cc(CNC2CC2)c1. The number of halogens is 1. The molecule has 2 rings (SSSR count). The monoisotopic (exact) mass is 238 g/mol. The molecule has 0 atom stereocenters. The summed E-state index contributed by atoms with van der Waals surface area (Å²) in [5, 5.41) is 3.28. The Morgan fingerprint density at radius 2 is 2.24 bits per heavy atom. The molecule has 0 aliphatic heterocycles. The fourth-order valence-corrected chi connectivity index (χ4v) is 1.51. The van der Waals surface area contributed by atoms with Crippen LogP contribution in [0.15, 0.2) is 18.2 Å². The van der Waals surface area contributed by atoms with Crippen LogP contribution in [-0.4, -0.2) is 18.6 Å². The van der Waals surface area contributed by atoms with Gasteiger partial charge in [0.15, 0.2) is 6.61 Å². The van der Waals surface area contributed by atoms with Crippen molar-refractivity contribution in [2.45, 2.75) is 25.4 Å². The van der Waals surface area contributed by atoms with Gasteiger partial charge in [0.2, 0.25) is 0 Å². The van der Waals surface area contributed by atoms with E-state index in [1.807, 2.05) is 0 Å². The number of hydrogen-bond acceptors (Lipinski definition) is 3. The summed E-state index contributed by atoms with van der Waals surface area (Å²) in [6.45, 7) is 0.369. The zero-order valence-corrected chi connectivity index (χ0v) is 9.41. The lowest BCUT2D eigenvalue weighted by Crippen LogP contribution is -2.20. The van der Waals surface area contributed by atoms with Gasteiger partial charge in [-0.15, -0.1) is 0 Å². The summed E-state index contributed by atoms with van der Waals surface area (Å²) in [4.78, 5) is 10.6. The first-order valence-electron chi connectivity index (χ1n) is 5.57.